The molecule has 0 aliphatic carbocycles. The Morgan fingerprint density at radius 3 is 2.48 bits per heavy atom. The number of rotatable bonds is 4. The van der Waals surface area contributed by atoms with E-state index in [4.69, 9.17) is 16.3 Å². The van der Waals surface area contributed by atoms with Gasteiger partial charge in [-0.1, -0.05) is 11.6 Å². The number of piperidine rings is 1. The molecule has 0 radical (unpaired) electrons. The van der Waals surface area contributed by atoms with Crippen LogP contribution in [0.5, 0.6) is 5.75 Å². The van der Waals surface area contributed by atoms with Crippen molar-refractivity contribution in [3.63, 3.8) is 0 Å². The van der Waals surface area contributed by atoms with E-state index in [0.29, 0.717) is 28.1 Å². The Kier molecular flexibility index (Phi) is 4.65. The summed E-state index contributed by atoms with van der Waals surface area (Å²) in [6, 6.07) is 7.98. The summed E-state index contributed by atoms with van der Waals surface area (Å²) in [5.74, 6) is 0.816. The number of hydrogen-bond donors (Lipinski definition) is 0. The zero-order valence-electron chi connectivity index (χ0n) is 12.1. The summed E-state index contributed by atoms with van der Waals surface area (Å²) in [5.41, 5.74) is 0. The van der Waals surface area contributed by atoms with Gasteiger partial charge in [0.05, 0.1) is 0 Å². The Morgan fingerprint density at radius 1 is 1.29 bits per heavy atom. The quantitative estimate of drug-likeness (QED) is 0.847. The number of thioether (sulfide) groups is 1. The third kappa shape index (κ3) is 3.32. The predicted molar refractivity (Wildman–Crippen MR) is 87.1 cm³/mol. The first-order valence-corrected chi connectivity index (χ1v) is 9.06. The molecular weight excluding hydrogens is 306 g/mol. The van der Waals surface area contributed by atoms with Gasteiger partial charge in [0.15, 0.2) is 6.61 Å². The van der Waals surface area contributed by atoms with Crippen molar-refractivity contribution in [3.8, 4) is 5.75 Å². The monoisotopic (exact) mass is 325 g/mol. The lowest BCUT2D eigenvalue weighted by molar-refractivity contribution is -0.137. The summed E-state index contributed by atoms with van der Waals surface area (Å²) in [5, 5.41) is 1.38. The van der Waals surface area contributed by atoms with E-state index in [1.807, 2.05) is 11.8 Å². The molecule has 0 saturated carbocycles. The Bertz CT molecular complexity index is 494. The van der Waals surface area contributed by atoms with Crippen LogP contribution in [-0.2, 0) is 4.79 Å². The first-order valence-electron chi connectivity index (χ1n) is 7.39. The van der Waals surface area contributed by atoms with E-state index in [0.717, 1.165) is 25.7 Å². The summed E-state index contributed by atoms with van der Waals surface area (Å²) < 4.78 is 5.60. The van der Waals surface area contributed by atoms with Gasteiger partial charge in [-0.3, -0.25) is 4.79 Å². The van der Waals surface area contributed by atoms with Crippen molar-refractivity contribution in [1.29, 1.82) is 0 Å². The smallest absolute Gasteiger partial charge is 0.261 e. The second-order valence-electron chi connectivity index (χ2n) is 5.76. The van der Waals surface area contributed by atoms with Gasteiger partial charge >= 0.3 is 0 Å². The van der Waals surface area contributed by atoms with Crippen molar-refractivity contribution in [1.82, 2.24) is 4.90 Å². The van der Waals surface area contributed by atoms with Gasteiger partial charge in [0.1, 0.15) is 5.75 Å². The van der Waals surface area contributed by atoms with Crippen molar-refractivity contribution < 1.29 is 9.53 Å². The number of halogens is 1. The van der Waals surface area contributed by atoms with Crippen molar-refractivity contribution >= 4 is 29.3 Å². The lowest BCUT2D eigenvalue weighted by atomic mass is 10.0. The van der Waals surface area contributed by atoms with Crippen LogP contribution in [0.3, 0.4) is 0 Å². The number of nitrogens with zero attached hydrogens (tertiary/aromatic N) is 1. The van der Waals surface area contributed by atoms with Crippen LogP contribution in [0, 0.1) is 0 Å². The second-order valence-corrected chi connectivity index (χ2v) is 7.33. The summed E-state index contributed by atoms with van der Waals surface area (Å²) in [4.78, 5) is 14.5. The normalized spacial score (nSPS) is 27.7. The highest BCUT2D eigenvalue weighted by atomic mass is 35.5. The average molecular weight is 326 g/mol. The van der Waals surface area contributed by atoms with E-state index in [-0.39, 0.29) is 12.5 Å². The summed E-state index contributed by atoms with van der Waals surface area (Å²) in [6.45, 7) is 0.124. The highest BCUT2D eigenvalue weighted by Crippen LogP contribution is 2.39. The fraction of sp³-hybridized carbons (Fsp3) is 0.562. The van der Waals surface area contributed by atoms with Crippen LogP contribution in [0.4, 0.5) is 0 Å². The van der Waals surface area contributed by atoms with Gasteiger partial charge in [-0.15, -0.1) is 0 Å². The fourth-order valence-corrected chi connectivity index (χ4v) is 4.43. The van der Waals surface area contributed by atoms with Gasteiger partial charge in [-0.2, -0.15) is 11.8 Å². The zero-order chi connectivity index (χ0) is 14.8. The molecule has 0 N–H and O–H groups in total. The number of amides is 1. The number of carbonyl (C=O) groups excluding carboxylic acids is 1. The van der Waals surface area contributed by atoms with Crippen LogP contribution >= 0.6 is 23.4 Å². The molecule has 1 aromatic rings. The maximum Gasteiger partial charge on any atom is 0.261 e. The van der Waals surface area contributed by atoms with Gasteiger partial charge in [0.25, 0.3) is 5.91 Å². The number of ether oxygens (including phenoxy) is 1. The minimum Gasteiger partial charge on any atom is -0.484 e. The minimum absolute atomic E-state index is 0.122. The molecule has 0 aromatic heterocycles. The first-order chi connectivity index (χ1) is 10.2. The Balaban J connectivity index is 1.57. The summed E-state index contributed by atoms with van der Waals surface area (Å²) >= 11 is 7.77. The molecule has 114 valence electrons. The topological polar surface area (TPSA) is 29.5 Å². The summed E-state index contributed by atoms with van der Waals surface area (Å²) in [7, 11) is 0. The van der Waals surface area contributed by atoms with Crippen LogP contribution in [-0.4, -0.2) is 41.0 Å². The van der Waals surface area contributed by atoms with Gasteiger partial charge in [-0.05, 0) is 56.2 Å². The van der Waals surface area contributed by atoms with Crippen molar-refractivity contribution in [2.24, 2.45) is 0 Å². The maximum absolute atomic E-state index is 12.5. The third-order valence-corrected chi connectivity index (χ3v) is 5.79. The minimum atomic E-state index is 0.122. The molecule has 5 heteroatoms. The van der Waals surface area contributed by atoms with Gasteiger partial charge in [0, 0.05) is 22.4 Å². The molecule has 2 atom stereocenters. The molecule has 2 saturated heterocycles. The molecule has 2 heterocycles. The molecule has 2 aliphatic heterocycles. The molecule has 21 heavy (non-hydrogen) atoms. The van der Waals surface area contributed by atoms with Crippen LogP contribution in [0.15, 0.2) is 24.3 Å². The van der Waals surface area contributed by atoms with Gasteiger partial charge < -0.3 is 9.64 Å². The first kappa shape index (κ1) is 15.0. The molecule has 0 spiro atoms. The third-order valence-electron chi connectivity index (χ3n) is 4.49. The maximum atomic E-state index is 12.5. The Hall–Kier alpha value is -0.870. The lowest BCUT2D eigenvalue weighted by Gasteiger charge is -2.38. The van der Waals surface area contributed by atoms with E-state index in [2.05, 4.69) is 11.2 Å². The molecule has 3 nitrogen and oxygen atoms in total. The number of fused-ring (bicyclic) bond motifs is 2. The van der Waals surface area contributed by atoms with Crippen LogP contribution in [0.2, 0.25) is 5.02 Å². The number of benzene rings is 1. The van der Waals surface area contributed by atoms with E-state index in [1.54, 1.807) is 24.3 Å². The number of hydrogen-bond acceptors (Lipinski definition) is 3. The largest absolute Gasteiger partial charge is 0.484 e. The SMILES string of the molecule is CSC1CC2CCC(C1)N2C(=O)COc1ccc(Cl)cc1. The average Bonchev–Trinajstić information content (AvgIpc) is 2.77. The van der Waals surface area contributed by atoms with E-state index >= 15 is 0 Å². The summed E-state index contributed by atoms with van der Waals surface area (Å²) in [6.07, 6.45) is 6.72. The molecule has 2 bridgehead atoms. The van der Waals surface area contributed by atoms with Crippen LogP contribution in [0.1, 0.15) is 25.7 Å². The van der Waals surface area contributed by atoms with Crippen molar-refractivity contribution in [2.75, 3.05) is 12.9 Å². The molecule has 3 rings (SSSR count). The molecule has 1 aromatic carbocycles. The lowest BCUT2D eigenvalue weighted by Crippen LogP contribution is -2.49. The van der Waals surface area contributed by atoms with E-state index < -0.39 is 0 Å². The molecular formula is C16H20ClNO2S. The van der Waals surface area contributed by atoms with E-state index in [9.17, 15) is 4.79 Å². The highest BCUT2D eigenvalue weighted by Gasteiger charge is 2.42. The molecule has 1 amide bonds. The zero-order valence-corrected chi connectivity index (χ0v) is 13.7. The standard InChI is InChI=1S/C16H20ClNO2S/c1-21-15-8-12-4-5-13(9-15)18(12)16(19)10-20-14-6-2-11(17)3-7-14/h2-3,6-7,12-13,15H,4-5,8-10H2,1H3. The van der Waals surface area contributed by atoms with Gasteiger partial charge in [0.2, 0.25) is 0 Å². The molecule has 2 aliphatic rings. The van der Waals surface area contributed by atoms with Gasteiger partial charge in [-0.25, -0.2) is 0 Å². The van der Waals surface area contributed by atoms with E-state index in [1.165, 1.54) is 0 Å². The van der Waals surface area contributed by atoms with Crippen molar-refractivity contribution in [2.45, 2.75) is 43.0 Å². The second kappa shape index (κ2) is 6.49. The van der Waals surface area contributed by atoms with Crippen molar-refractivity contribution in [3.05, 3.63) is 29.3 Å². The fourth-order valence-electron chi connectivity index (χ4n) is 3.48. The highest BCUT2D eigenvalue weighted by molar-refractivity contribution is 7.99. The predicted octanol–water partition coefficient (Wildman–Crippen LogP) is 3.60. The van der Waals surface area contributed by atoms with Crippen LogP contribution in [0.25, 0.3) is 0 Å². The molecule has 2 fully saturated rings. The number of carbonyl (C=O) groups is 1. The Labute approximate surface area is 135 Å². The van der Waals surface area contributed by atoms with Crippen LogP contribution < -0.4 is 4.74 Å². The Morgan fingerprint density at radius 2 is 1.90 bits per heavy atom. The molecule has 2 unspecified atom stereocenters.